The Morgan fingerprint density at radius 3 is 3.11 bits per heavy atom. The minimum Gasteiger partial charge on any atom is -0.462 e. The fraction of sp³-hybridized carbons (Fsp3) is 0.231. The standard InChI is InChI=1S/C13H12N2O4/c1-2-17-13(16)9-6-14-15-12(9)8-3-4-10-11(5-8)19-7-18-10/h3-6H,2,7H2,1H3,(H,14,15). The van der Waals surface area contributed by atoms with Crippen LogP contribution >= 0.6 is 0 Å². The first-order valence-corrected chi connectivity index (χ1v) is 5.90. The van der Waals surface area contributed by atoms with Crippen molar-refractivity contribution in [3.05, 3.63) is 30.0 Å². The van der Waals surface area contributed by atoms with Gasteiger partial charge in [-0.05, 0) is 25.1 Å². The molecule has 0 spiro atoms. The number of carbonyl (C=O) groups excluding carboxylic acids is 1. The molecular weight excluding hydrogens is 248 g/mol. The van der Waals surface area contributed by atoms with E-state index >= 15 is 0 Å². The lowest BCUT2D eigenvalue weighted by atomic mass is 10.1. The highest BCUT2D eigenvalue weighted by Gasteiger charge is 2.19. The van der Waals surface area contributed by atoms with E-state index in [1.807, 2.05) is 6.07 Å². The molecule has 2 heterocycles. The van der Waals surface area contributed by atoms with Crippen LogP contribution in [0.5, 0.6) is 11.5 Å². The number of esters is 1. The molecule has 3 rings (SSSR count). The SMILES string of the molecule is CCOC(=O)c1cn[nH]c1-c1ccc2c(c1)OCO2. The quantitative estimate of drug-likeness (QED) is 0.854. The summed E-state index contributed by atoms with van der Waals surface area (Å²) in [4.78, 5) is 11.8. The summed E-state index contributed by atoms with van der Waals surface area (Å²) in [5.41, 5.74) is 1.81. The lowest BCUT2D eigenvalue weighted by molar-refractivity contribution is 0.0527. The van der Waals surface area contributed by atoms with Gasteiger partial charge < -0.3 is 14.2 Å². The topological polar surface area (TPSA) is 73.4 Å². The average molecular weight is 260 g/mol. The molecule has 1 aliphatic rings. The first-order valence-electron chi connectivity index (χ1n) is 5.90. The molecule has 0 saturated carbocycles. The molecule has 0 saturated heterocycles. The molecule has 1 N–H and O–H groups in total. The minimum atomic E-state index is -0.399. The first-order chi connectivity index (χ1) is 9.29. The number of benzene rings is 1. The Labute approximate surface area is 109 Å². The van der Waals surface area contributed by atoms with Crippen molar-refractivity contribution in [3.63, 3.8) is 0 Å². The Hall–Kier alpha value is -2.50. The van der Waals surface area contributed by atoms with Gasteiger partial charge in [-0.15, -0.1) is 0 Å². The second kappa shape index (κ2) is 4.64. The van der Waals surface area contributed by atoms with Crippen molar-refractivity contribution in [2.75, 3.05) is 13.4 Å². The predicted octanol–water partition coefficient (Wildman–Crippen LogP) is 1.98. The molecule has 0 fully saturated rings. The molecule has 0 atom stereocenters. The van der Waals surface area contributed by atoms with Crippen LogP contribution in [0.3, 0.4) is 0 Å². The second-order valence-electron chi connectivity index (χ2n) is 3.95. The van der Waals surface area contributed by atoms with Crippen LogP contribution in [0.15, 0.2) is 24.4 Å². The van der Waals surface area contributed by atoms with Gasteiger partial charge in [0.05, 0.1) is 18.5 Å². The molecule has 0 radical (unpaired) electrons. The first kappa shape index (κ1) is 11.6. The third-order valence-corrected chi connectivity index (χ3v) is 2.80. The lowest BCUT2D eigenvalue weighted by Gasteiger charge is -2.04. The summed E-state index contributed by atoms with van der Waals surface area (Å²) < 4.78 is 15.5. The lowest BCUT2D eigenvalue weighted by Crippen LogP contribution is -2.04. The Balaban J connectivity index is 1.99. The summed E-state index contributed by atoms with van der Waals surface area (Å²) in [6.45, 7) is 2.30. The fourth-order valence-corrected chi connectivity index (χ4v) is 1.92. The van der Waals surface area contributed by atoms with E-state index in [4.69, 9.17) is 14.2 Å². The van der Waals surface area contributed by atoms with E-state index in [-0.39, 0.29) is 6.79 Å². The zero-order valence-corrected chi connectivity index (χ0v) is 10.3. The molecule has 19 heavy (non-hydrogen) atoms. The van der Waals surface area contributed by atoms with Crippen LogP contribution in [0.2, 0.25) is 0 Å². The Kier molecular flexibility index (Phi) is 2.83. The van der Waals surface area contributed by atoms with E-state index < -0.39 is 5.97 Å². The molecule has 1 aromatic carbocycles. The Morgan fingerprint density at radius 2 is 2.26 bits per heavy atom. The predicted molar refractivity (Wildman–Crippen MR) is 66.1 cm³/mol. The number of aromatic nitrogens is 2. The third-order valence-electron chi connectivity index (χ3n) is 2.80. The normalized spacial score (nSPS) is 12.5. The number of rotatable bonds is 3. The van der Waals surface area contributed by atoms with Gasteiger partial charge in [0.15, 0.2) is 11.5 Å². The number of nitrogens with zero attached hydrogens (tertiary/aromatic N) is 1. The molecule has 0 unspecified atom stereocenters. The van der Waals surface area contributed by atoms with E-state index in [0.29, 0.717) is 29.4 Å². The molecule has 1 aliphatic heterocycles. The number of nitrogens with one attached hydrogen (secondary N) is 1. The summed E-state index contributed by atoms with van der Waals surface area (Å²) in [6.07, 6.45) is 1.46. The monoisotopic (exact) mass is 260 g/mol. The van der Waals surface area contributed by atoms with Gasteiger partial charge in [-0.2, -0.15) is 5.10 Å². The van der Waals surface area contributed by atoms with E-state index in [9.17, 15) is 4.79 Å². The zero-order chi connectivity index (χ0) is 13.2. The van der Waals surface area contributed by atoms with Crippen LogP contribution in [0, 0.1) is 0 Å². The minimum absolute atomic E-state index is 0.215. The van der Waals surface area contributed by atoms with Gasteiger partial charge in [-0.1, -0.05) is 0 Å². The zero-order valence-electron chi connectivity index (χ0n) is 10.3. The molecule has 0 bridgehead atoms. The maximum absolute atomic E-state index is 11.8. The van der Waals surface area contributed by atoms with Crippen LogP contribution in [-0.4, -0.2) is 29.6 Å². The molecule has 2 aromatic rings. The van der Waals surface area contributed by atoms with Crippen LogP contribution in [-0.2, 0) is 4.74 Å². The number of hydrogen-bond acceptors (Lipinski definition) is 5. The van der Waals surface area contributed by atoms with Gasteiger partial charge in [0.25, 0.3) is 0 Å². The summed E-state index contributed by atoms with van der Waals surface area (Å²) >= 11 is 0. The van der Waals surface area contributed by atoms with E-state index in [1.54, 1.807) is 19.1 Å². The Bertz CT molecular complexity index is 621. The number of H-pyrrole nitrogens is 1. The highest BCUT2D eigenvalue weighted by molar-refractivity contribution is 5.96. The van der Waals surface area contributed by atoms with Gasteiger partial charge >= 0.3 is 5.97 Å². The largest absolute Gasteiger partial charge is 0.462 e. The maximum Gasteiger partial charge on any atom is 0.341 e. The van der Waals surface area contributed by atoms with E-state index in [1.165, 1.54) is 6.20 Å². The van der Waals surface area contributed by atoms with E-state index in [2.05, 4.69) is 10.2 Å². The van der Waals surface area contributed by atoms with Crippen LogP contribution in [0.1, 0.15) is 17.3 Å². The van der Waals surface area contributed by atoms with Crippen LogP contribution in [0.4, 0.5) is 0 Å². The van der Waals surface area contributed by atoms with Crippen LogP contribution < -0.4 is 9.47 Å². The van der Waals surface area contributed by atoms with Crippen molar-refractivity contribution in [2.24, 2.45) is 0 Å². The van der Waals surface area contributed by atoms with Gasteiger partial charge in [-0.25, -0.2) is 4.79 Å². The van der Waals surface area contributed by atoms with Gasteiger partial charge in [0.2, 0.25) is 6.79 Å². The number of ether oxygens (including phenoxy) is 3. The fourth-order valence-electron chi connectivity index (χ4n) is 1.92. The molecule has 6 heteroatoms. The number of fused-ring (bicyclic) bond motifs is 1. The van der Waals surface area contributed by atoms with Crippen molar-refractivity contribution in [3.8, 4) is 22.8 Å². The summed E-state index contributed by atoms with van der Waals surface area (Å²) in [6, 6.07) is 5.44. The van der Waals surface area contributed by atoms with Gasteiger partial charge in [0.1, 0.15) is 5.56 Å². The summed E-state index contributed by atoms with van der Waals surface area (Å²) in [5.74, 6) is 0.951. The molecule has 0 amide bonds. The van der Waals surface area contributed by atoms with Crippen molar-refractivity contribution in [1.29, 1.82) is 0 Å². The molecular formula is C13H12N2O4. The highest BCUT2D eigenvalue weighted by Crippen LogP contribution is 2.36. The molecule has 1 aromatic heterocycles. The smallest absolute Gasteiger partial charge is 0.341 e. The summed E-state index contributed by atoms with van der Waals surface area (Å²) in [5, 5.41) is 6.70. The Morgan fingerprint density at radius 1 is 1.42 bits per heavy atom. The van der Waals surface area contributed by atoms with Crippen molar-refractivity contribution < 1.29 is 19.0 Å². The number of hydrogen-bond donors (Lipinski definition) is 1. The average Bonchev–Trinajstić information content (AvgIpc) is 3.07. The highest BCUT2D eigenvalue weighted by atomic mass is 16.7. The third kappa shape index (κ3) is 2.01. The van der Waals surface area contributed by atoms with Gasteiger partial charge in [0, 0.05) is 5.56 Å². The number of aromatic amines is 1. The molecule has 6 nitrogen and oxygen atoms in total. The second-order valence-corrected chi connectivity index (χ2v) is 3.95. The van der Waals surface area contributed by atoms with Crippen molar-refractivity contribution >= 4 is 5.97 Å². The maximum atomic E-state index is 11.8. The molecule has 98 valence electrons. The van der Waals surface area contributed by atoms with Crippen molar-refractivity contribution in [1.82, 2.24) is 10.2 Å². The van der Waals surface area contributed by atoms with Gasteiger partial charge in [-0.3, -0.25) is 5.10 Å². The summed E-state index contributed by atoms with van der Waals surface area (Å²) in [7, 11) is 0. The van der Waals surface area contributed by atoms with E-state index in [0.717, 1.165) is 5.56 Å². The number of carbonyl (C=O) groups is 1. The van der Waals surface area contributed by atoms with Crippen LogP contribution in [0.25, 0.3) is 11.3 Å². The molecule has 0 aliphatic carbocycles. The van der Waals surface area contributed by atoms with Crippen molar-refractivity contribution in [2.45, 2.75) is 6.92 Å².